The van der Waals surface area contributed by atoms with E-state index in [0.717, 1.165) is 24.1 Å². The minimum absolute atomic E-state index is 0.442. The maximum absolute atomic E-state index is 5.55. The fraction of sp³-hybridized carbons (Fsp3) is 0.417. The third-order valence-corrected chi connectivity index (χ3v) is 1.77. The molecule has 1 nitrogen and oxygen atoms in total. The molecule has 0 atom stereocenters. The van der Waals surface area contributed by atoms with Crippen LogP contribution in [0.2, 0.25) is 0 Å². The number of hydrogen-bond acceptors (Lipinski definition) is 1. The van der Waals surface area contributed by atoms with Crippen LogP contribution in [0.1, 0.15) is 26.7 Å². The topological polar surface area (TPSA) is 12.4 Å². The number of aliphatic imine (C=N–C) groups is 1. The van der Waals surface area contributed by atoms with Crippen molar-refractivity contribution in [1.29, 1.82) is 0 Å². The average Bonchev–Trinajstić information content (AvgIpc) is 2.21. The maximum atomic E-state index is 5.55. The molecule has 0 aliphatic heterocycles. The minimum atomic E-state index is 0.442. The first-order valence-corrected chi connectivity index (χ1v) is 5.45. The molecule has 0 rings (SSSR count). The van der Waals surface area contributed by atoms with E-state index < -0.39 is 0 Å². The zero-order valence-electron chi connectivity index (χ0n) is 8.96. The van der Waals surface area contributed by atoms with Crippen LogP contribution in [-0.4, -0.2) is 12.1 Å². The lowest BCUT2D eigenvalue weighted by atomic mass is 10.1. The van der Waals surface area contributed by atoms with Crippen LogP contribution in [0.3, 0.4) is 0 Å². The Morgan fingerprint density at radius 2 is 1.93 bits per heavy atom. The van der Waals surface area contributed by atoms with Crippen LogP contribution in [0.5, 0.6) is 0 Å². The van der Waals surface area contributed by atoms with E-state index in [2.05, 4.69) is 37.6 Å². The molecular weight excluding hydrogens is 194 g/mol. The summed E-state index contributed by atoms with van der Waals surface area (Å²) in [7, 11) is 0. The Bertz CT molecular complexity index is 249. The third kappa shape index (κ3) is 5.03. The van der Waals surface area contributed by atoms with Crippen molar-refractivity contribution in [1.82, 2.24) is 0 Å². The van der Waals surface area contributed by atoms with Crippen molar-refractivity contribution in [3.63, 3.8) is 0 Å². The zero-order chi connectivity index (χ0) is 10.8. The molecule has 78 valence electrons. The minimum Gasteiger partial charge on any atom is -0.260 e. The predicted octanol–water partition coefficient (Wildman–Crippen LogP) is 4.11. The third-order valence-electron chi connectivity index (χ3n) is 1.64. The number of alkyl halides is 1. The number of halogens is 1. The summed E-state index contributed by atoms with van der Waals surface area (Å²) < 4.78 is 0. The van der Waals surface area contributed by atoms with Crippen molar-refractivity contribution in [2.75, 3.05) is 5.88 Å². The van der Waals surface area contributed by atoms with Gasteiger partial charge in [-0.15, -0.1) is 11.6 Å². The van der Waals surface area contributed by atoms with Crippen LogP contribution in [-0.2, 0) is 0 Å². The first-order valence-electron chi connectivity index (χ1n) is 4.91. The van der Waals surface area contributed by atoms with Crippen LogP contribution in [0.4, 0.5) is 0 Å². The second-order valence-electron chi connectivity index (χ2n) is 2.74. The van der Waals surface area contributed by atoms with Crippen LogP contribution in [0.15, 0.2) is 41.1 Å². The molecule has 0 aliphatic rings. The number of allylic oxidation sites excluding steroid dienone is 3. The highest BCUT2D eigenvalue weighted by atomic mass is 35.5. The number of rotatable bonds is 6. The molecular formula is C12H18ClN. The maximum Gasteiger partial charge on any atom is 0.0655 e. The number of nitrogens with zero attached hydrogens (tertiary/aromatic N) is 1. The Morgan fingerprint density at radius 3 is 2.36 bits per heavy atom. The first-order chi connectivity index (χ1) is 6.79. The summed E-state index contributed by atoms with van der Waals surface area (Å²) in [4.78, 5) is 4.29. The van der Waals surface area contributed by atoms with E-state index in [0.29, 0.717) is 5.88 Å². The van der Waals surface area contributed by atoms with E-state index in [1.54, 1.807) is 6.21 Å². The van der Waals surface area contributed by atoms with Crippen molar-refractivity contribution in [2.45, 2.75) is 26.7 Å². The lowest BCUT2D eigenvalue weighted by Gasteiger charge is -2.02. The molecule has 0 saturated heterocycles. The molecule has 0 spiro atoms. The van der Waals surface area contributed by atoms with Gasteiger partial charge in [0.15, 0.2) is 0 Å². The summed E-state index contributed by atoms with van der Waals surface area (Å²) in [5, 5.41) is 0. The highest BCUT2D eigenvalue weighted by molar-refractivity contribution is 6.24. The van der Waals surface area contributed by atoms with E-state index in [9.17, 15) is 0 Å². The van der Waals surface area contributed by atoms with Crippen molar-refractivity contribution < 1.29 is 0 Å². The summed E-state index contributed by atoms with van der Waals surface area (Å²) >= 11 is 5.55. The van der Waals surface area contributed by atoms with Crippen molar-refractivity contribution in [3.05, 3.63) is 36.1 Å². The fourth-order valence-corrected chi connectivity index (χ4v) is 1.15. The number of hydrogen-bond donors (Lipinski definition) is 0. The molecule has 0 bridgehead atoms. The summed E-state index contributed by atoms with van der Waals surface area (Å²) in [6, 6.07) is 0. The van der Waals surface area contributed by atoms with E-state index in [1.165, 1.54) is 0 Å². The standard InChI is InChI=1S/C12H18ClN/c1-4-7-11(6-3)12(8-5-2)14-10-9-13/h6-8,10H,3-5,9H2,1-2H3/b11-7-,12-8+,14-10?. The van der Waals surface area contributed by atoms with Gasteiger partial charge in [0.1, 0.15) is 0 Å². The molecule has 0 fully saturated rings. The Labute approximate surface area is 91.9 Å². The van der Waals surface area contributed by atoms with Gasteiger partial charge < -0.3 is 0 Å². The smallest absolute Gasteiger partial charge is 0.0655 e. The molecule has 0 heterocycles. The first kappa shape index (κ1) is 13.2. The van der Waals surface area contributed by atoms with E-state index >= 15 is 0 Å². The molecule has 0 N–H and O–H groups in total. The normalized spacial score (nSPS) is 13.6. The van der Waals surface area contributed by atoms with Gasteiger partial charge in [-0.3, -0.25) is 4.99 Å². The Balaban J connectivity index is 4.79. The highest BCUT2D eigenvalue weighted by Gasteiger charge is 1.96. The largest absolute Gasteiger partial charge is 0.260 e. The van der Waals surface area contributed by atoms with E-state index in [-0.39, 0.29) is 0 Å². The monoisotopic (exact) mass is 211 g/mol. The van der Waals surface area contributed by atoms with Crippen LogP contribution in [0.25, 0.3) is 0 Å². The summed E-state index contributed by atoms with van der Waals surface area (Å²) in [5.41, 5.74) is 2.04. The second-order valence-corrected chi connectivity index (χ2v) is 3.04. The van der Waals surface area contributed by atoms with E-state index in [4.69, 9.17) is 11.6 Å². The van der Waals surface area contributed by atoms with Gasteiger partial charge in [0.05, 0.1) is 11.6 Å². The van der Waals surface area contributed by atoms with Gasteiger partial charge in [-0.1, -0.05) is 38.7 Å². The Kier molecular flexibility index (Phi) is 8.25. The SMILES string of the molecule is C=CC(=C/CC)/C(=C\CC)N=CCCl. The molecule has 0 radical (unpaired) electrons. The second kappa shape index (κ2) is 8.76. The molecule has 0 aromatic carbocycles. The van der Waals surface area contributed by atoms with Gasteiger partial charge in [0.25, 0.3) is 0 Å². The molecule has 2 heteroatoms. The summed E-state index contributed by atoms with van der Waals surface area (Å²) in [6.45, 7) is 7.96. The molecule has 14 heavy (non-hydrogen) atoms. The van der Waals surface area contributed by atoms with Gasteiger partial charge >= 0.3 is 0 Å². The zero-order valence-corrected chi connectivity index (χ0v) is 9.72. The molecule has 0 unspecified atom stereocenters. The van der Waals surface area contributed by atoms with Crippen molar-refractivity contribution >= 4 is 17.8 Å². The van der Waals surface area contributed by atoms with Crippen molar-refractivity contribution in [2.24, 2.45) is 4.99 Å². The van der Waals surface area contributed by atoms with Crippen LogP contribution < -0.4 is 0 Å². The Morgan fingerprint density at radius 1 is 1.29 bits per heavy atom. The fourth-order valence-electron chi connectivity index (χ4n) is 1.08. The molecule has 0 aromatic heterocycles. The molecule has 0 amide bonds. The molecule has 0 saturated carbocycles. The Hall–Kier alpha value is -0.820. The summed E-state index contributed by atoms with van der Waals surface area (Å²) in [6.07, 6.45) is 9.67. The lowest BCUT2D eigenvalue weighted by molar-refractivity contribution is 1.15. The van der Waals surface area contributed by atoms with Gasteiger partial charge in [0.2, 0.25) is 0 Å². The molecule has 0 aliphatic carbocycles. The van der Waals surface area contributed by atoms with Gasteiger partial charge in [-0.25, -0.2) is 0 Å². The van der Waals surface area contributed by atoms with Gasteiger partial charge in [0, 0.05) is 6.21 Å². The van der Waals surface area contributed by atoms with E-state index in [1.807, 2.05) is 6.08 Å². The lowest BCUT2D eigenvalue weighted by Crippen LogP contribution is -1.86. The van der Waals surface area contributed by atoms with Gasteiger partial charge in [-0.05, 0) is 18.4 Å². The predicted molar refractivity (Wildman–Crippen MR) is 66.2 cm³/mol. The molecule has 0 aromatic rings. The summed E-state index contributed by atoms with van der Waals surface area (Å²) in [5.74, 6) is 0.442. The van der Waals surface area contributed by atoms with Crippen molar-refractivity contribution in [3.8, 4) is 0 Å². The average molecular weight is 212 g/mol. The van der Waals surface area contributed by atoms with Gasteiger partial charge in [-0.2, -0.15) is 0 Å². The highest BCUT2D eigenvalue weighted by Crippen LogP contribution is 2.14. The quantitative estimate of drug-likeness (QED) is 0.356. The van der Waals surface area contributed by atoms with Crippen LogP contribution >= 0.6 is 11.6 Å². The van der Waals surface area contributed by atoms with Crippen LogP contribution in [0, 0.1) is 0 Å².